The standard InChI is InChI=1S/C62H111N2O7P/c1-7-10-13-16-19-22-25-28-29-30-31-32-33-34-35-37-40-43-46-49-52-55-62(66)71-60(53-50-47-44-41-38-27-24-21-18-15-12-9-3)59(58-70-72(67,68)69-57-56-64(4,5)6)63-61(65)54-51-48-45-42-39-36-26-23-20-17-14-11-8-2/h10,13,19,22,28-29,31-32,34-35,40,43,50,53,59-60H,7-9,11-12,14-18,20-21,23-27,30,33,36-39,41-42,44-49,51-52,54-58H2,1-6H3,(H-,63,65,67,68)/b13-10-,22-19-,29-28-,32-31-,35-34-,43-40-,53-50+. The Bertz CT molecular complexity index is 1510. The zero-order valence-corrected chi connectivity index (χ0v) is 48.3. The first-order valence-electron chi connectivity index (χ1n) is 29.4. The van der Waals surface area contributed by atoms with E-state index in [1.54, 1.807) is 0 Å². The van der Waals surface area contributed by atoms with Gasteiger partial charge < -0.3 is 28.5 Å². The highest BCUT2D eigenvalue weighted by Gasteiger charge is 2.27. The van der Waals surface area contributed by atoms with Gasteiger partial charge >= 0.3 is 5.97 Å². The normalized spacial score (nSPS) is 14.4. The number of phosphoric ester groups is 1. The van der Waals surface area contributed by atoms with Crippen LogP contribution >= 0.6 is 7.82 Å². The molecule has 0 rings (SSSR count). The third-order valence-electron chi connectivity index (χ3n) is 12.6. The zero-order valence-electron chi connectivity index (χ0n) is 47.4. The van der Waals surface area contributed by atoms with Crippen LogP contribution in [0, 0.1) is 0 Å². The third kappa shape index (κ3) is 52.1. The molecule has 1 amide bonds. The molecule has 0 fully saturated rings. The van der Waals surface area contributed by atoms with E-state index in [0.717, 1.165) is 89.9 Å². The molecule has 0 saturated heterocycles. The fourth-order valence-corrected chi connectivity index (χ4v) is 8.78. The van der Waals surface area contributed by atoms with Crippen molar-refractivity contribution in [2.45, 2.75) is 258 Å². The van der Waals surface area contributed by atoms with Crippen molar-refractivity contribution in [3.8, 4) is 0 Å². The molecule has 0 aliphatic carbocycles. The minimum absolute atomic E-state index is 0.0317. The van der Waals surface area contributed by atoms with Crippen LogP contribution < -0.4 is 10.2 Å². The van der Waals surface area contributed by atoms with Gasteiger partial charge in [0.1, 0.15) is 19.3 Å². The van der Waals surface area contributed by atoms with E-state index in [-0.39, 0.29) is 24.9 Å². The monoisotopic (exact) mass is 1030 g/mol. The first-order chi connectivity index (χ1) is 34.9. The summed E-state index contributed by atoms with van der Waals surface area (Å²) in [6.45, 7) is 6.69. The summed E-state index contributed by atoms with van der Waals surface area (Å²) in [5.41, 5.74) is 0. The molecule has 0 aliphatic heterocycles. The lowest BCUT2D eigenvalue weighted by Gasteiger charge is -2.30. The van der Waals surface area contributed by atoms with E-state index in [4.69, 9.17) is 13.8 Å². The number of unbranched alkanes of at least 4 members (excludes halogenated alkanes) is 24. The lowest BCUT2D eigenvalue weighted by molar-refractivity contribution is -0.870. The second-order valence-corrected chi connectivity index (χ2v) is 22.2. The van der Waals surface area contributed by atoms with Crippen LogP contribution in [-0.4, -0.2) is 69.4 Å². The zero-order chi connectivity index (χ0) is 52.9. The smallest absolute Gasteiger partial charge is 0.306 e. The third-order valence-corrected chi connectivity index (χ3v) is 13.6. The molecule has 9 nitrogen and oxygen atoms in total. The van der Waals surface area contributed by atoms with Crippen LogP contribution in [0.5, 0.6) is 0 Å². The highest BCUT2D eigenvalue weighted by molar-refractivity contribution is 7.45. The molecule has 10 heteroatoms. The molecular weight excluding hydrogens is 916 g/mol. The van der Waals surface area contributed by atoms with Gasteiger partial charge in [-0.15, -0.1) is 0 Å². The van der Waals surface area contributed by atoms with E-state index in [2.05, 4.69) is 99.0 Å². The molecule has 0 aromatic carbocycles. The number of nitrogens with zero attached hydrogens (tertiary/aromatic N) is 1. The Morgan fingerprint density at radius 2 is 0.889 bits per heavy atom. The van der Waals surface area contributed by atoms with Gasteiger partial charge in [-0.2, -0.15) is 0 Å². The quantitative estimate of drug-likeness (QED) is 0.0212. The molecule has 0 heterocycles. The minimum atomic E-state index is -4.71. The lowest BCUT2D eigenvalue weighted by atomic mass is 10.0. The van der Waals surface area contributed by atoms with E-state index in [1.165, 1.54) is 116 Å². The predicted octanol–water partition coefficient (Wildman–Crippen LogP) is 17.2. The van der Waals surface area contributed by atoms with E-state index in [1.807, 2.05) is 33.3 Å². The number of nitrogens with one attached hydrogen (secondary N) is 1. The molecule has 0 radical (unpaired) electrons. The Hall–Kier alpha value is -2.81. The number of allylic oxidation sites excluding steroid dienone is 13. The molecular formula is C62H111N2O7P. The molecule has 0 aromatic heterocycles. The second kappa shape index (κ2) is 51.7. The van der Waals surface area contributed by atoms with E-state index in [9.17, 15) is 19.0 Å². The number of rotatable bonds is 52. The number of carbonyl (C=O) groups excluding carboxylic acids is 2. The van der Waals surface area contributed by atoms with Gasteiger partial charge in [-0.05, 0) is 83.1 Å². The number of carbonyl (C=O) groups is 2. The summed E-state index contributed by atoms with van der Waals surface area (Å²) in [5, 5.41) is 3.01. The highest BCUT2D eigenvalue weighted by atomic mass is 31.2. The van der Waals surface area contributed by atoms with E-state index < -0.39 is 26.6 Å². The summed E-state index contributed by atoms with van der Waals surface area (Å²) in [6, 6.07) is -0.907. The van der Waals surface area contributed by atoms with Crippen molar-refractivity contribution in [3.05, 3.63) is 85.1 Å². The molecule has 72 heavy (non-hydrogen) atoms. The lowest BCUT2D eigenvalue weighted by Crippen LogP contribution is -2.47. The summed E-state index contributed by atoms with van der Waals surface area (Å²) in [6.07, 6.45) is 66.9. The van der Waals surface area contributed by atoms with Crippen molar-refractivity contribution >= 4 is 19.7 Å². The number of ether oxygens (including phenoxy) is 1. The Morgan fingerprint density at radius 1 is 0.500 bits per heavy atom. The van der Waals surface area contributed by atoms with Gasteiger partial charge in [0.25, 0.3) is 7.82 Å². The van der Waals surface area contributed by atoms with Gasteiger partial charge in [-0.3, -0.25) is 14.2 Å². The maximum absolute atomic E-state index is 13.5. The van der Waals surface area contributed by atoms with Crippen molar-refractivity contribution < 1.29 is 37.3 Å². The van der Waals surface area contributed by atoms with Crippen molar-refractivity contribution in [1.82, 2.24) is 5.32 Å². The Morgan fingerprint density at radius 3 is 1.35 bits per heavy atom. The molecule has 3 atom stereocenters. The topological polar surface area (TPSA) is 114 Å². The van der Waals surface area contributed by atoms with Gasteiger partial charge in [-0.25, -0.2) is 0 Å². The Kier molecular flexibility index (Phi) is 49.6. The van der Waals surface area contributed by atoms with Crippen LogP contribution in [0.1, 0.15) is 245 Å². The SMILES string of the molecule is CC/C=C\C/C=C\C/C=C\C/C=C\C/C=C\C/C=C\CCCCC(=O)OC(/C=C/CCCCCCCCCCCC)C(COP(=O)([O-])OCC[N+](C)(C)C)NC(=O)CCCCCCCCCCCCCCC. The Labute approximate surface area is 444 Å². The number of quaternary nitrogens is 1. The molecule has 3 unspecified atom stereocenters. The van der Waals surface area contributed by atoms with Crippen LogP contribution in [0.15, 0.2) is 85.1 Å². The van der Waals surface area contributed by atoms with E-state index in [0.29, 0.717) is 23.9 Å². The molecule has 0 saturated carbocycles. The Balaban J connectivity index is 5.38. The summed E-state index contributed by atoms with van der Waals surface area (Å²) < 4.78 is 30.2. The summed E-state index contributed by atoms with van der Waals surface area (Å²) >= 11 is 0. The van der Waals surface area contributed by atoms with Gasteiger partial charge in [0.15, 0.2) is 0 Å². The second-order valence-electron chi connectivity index (χ2n) is 20.8. The molecule has 416 valence electrons. The maximum atomic E-state index is 13.5. The molecule has 0 aliphatic rings. The number of likely N-dealkylation sites (N-methyl/N-ethyl adjacent to an activating group) is 1. The van der Waals surface area contributed by atoms with E-state index >= 15 is 0 Å². The predicted molar refractivity (Wildman–Crippen MR) is 307 cm³/mol. The molecule has 0 bridgehead atoms. The van der Waals surface area contributed by atoms with Crippen molar-refractivity contribution in [1.29, 1.82) is 0 Å². The molecule has 0 spiro atoms. The summed E-state index contributed by atoms with van der Waals surface area (Å²) in [7, 11) is 1.15. The van der Waals surface area contributed by atoms with Gasteiger partial charge in [-0.1, -0.05) is 235 Å². The number of phosphoric acid groups is 1. The van der Waals surface area contributed by atoms with Gasteiger partial charge in [0.2, 0.25) is 5.91 Å². The fraction of sp³-hybridized carbons (Fsp3) is 0.742. The van der Waals surface area contributed by atoms with Crippen molar-refractivity contribution in [2.75, 3.05) is 40.9 Å². The van der Waals surface area contributed by atoms with Crippen molar-refractivity contribution in [2.24, 2.45) is 0 Å². The first-order valence-corrected chi connectivity index (χ1v) is 30.9. The fourth-order valence-electron chi connectivity index (χ4n) is 8.05. The van der Waals surface area contributed by atoms with Crippen LogP contribution in [0.2, 0.25) is 0 Å². The van der Waals surface area contributed by atoms with Crippen LogP contribution in [0.3, 0.4) is 0 Å². The van der Waals surface area contributed by atoms with Crippen LogP contribution in [0.25, 0.3) is 0 Å². The average Bonchev–Trinajstić information content (AvgIpc) is 3.34. The van der Waals surface area contributed by atoms with Gasteiger partial charge in [0, 0.05) is 12.8 Å². The highest BCUT2D eigenvalue weighted by Crippen LogP contribution is 2.38. The average molecular weight is 1030 g/mol. The van der Waals surface area contributed by atoms with Gasteiger partial charge in [0.05, 0.1) is 33.8 Å². The largest absolute Gasteiger partial charge is 0.756 e. The molecule has 1 N–H and O–H groups in total. The number of hydrogen-bond donors (Lipinski definition) is 1. The molecule has 0 aromatic rings. The number of esters is 1. The summed E-state index contributed by atoms with van der Waals surface area (Å²) in [4.78, 5) is 39.8. The maximum Gasteiger partial charge on any atom is 0.306 e. The number of amides is 1. The summed E-state index contributed by atoms with van der Waals surface area (Å²) in [5.74, 6) is -0.592. The first kappa shape index (κ1) is 69.2. The van der Waals surface area contributed by atoms with Crippen LogP contribution in [-0.2, 0) is 27.9 Å². The van der Waals surface area contributed by atoms with Crippen LogP contribution in [0.4, 0.5) is 0 Å². The minimum Gasteiger partial charge on any atom is -0.756 e. The van der Waals surface area contributed by atoms with Crippen molar-refractivity contribution in [3.63, 3.8) is 0 Å². The number of hydrogen-bond acceptors (Lipinski definition) is 7.